The molecule has 3 heterocycles. The number of amides is 1. The van der Waals surface area contributed by atoms with Crippen LogP contribution < -0.4 is 10.6 Å². The van der Waals surface area contributed by atoms with E-state index < -0.39 is 0 Å². The van der Waals surface area contributed by atoms with Crippen molar-refractivity contribution in [2.24, 2.45) is 0 Å². The SMILES string of the molecule is Cc1ccc(NCc2nnc(SCC(=O)Nc3ncc(C)s3)n2C[C@H]2CCCO2)c(C)c1. The summed E-state index contributed by atoms with van der Waals surface area (Å²) in [6, 6.07) is 6.34. The molecule has 1 aromatic carbocycles. The Morgan fingerprint density at radius 2 is 2.19 bits per heavy atom. The highest BCUT2D eigenvalue weighted by Crippen LogP contribution is 2.24. The molecule has 1 fully saturated rings. The third-order valence-corrected chi connectivity index (χ3v) is 7.02. The molecule has 0 unspecified atom stereocenters. The van der Waals surface area contributed by atoms with Gasteiger partial charge in [0.2, 0.25) is 5.91 Å². The number of thiazole rings is 1. The van der Waals surface area contributed by atoms with Crippen LogP contribution in [0.5, 0.6) is 0 Å². The van der Waals surface area contributed by atoms with Crippen LogP contribution >= 0.6 is 23.1 Å². The first-order chi connectivity index (χ1) is 15.5. The number of aryl methyl sites for hydroxylation is 3. The van der Waals surface area contributed by atoms with Crippen molar-refractivity contribution in [3.8, 4) is 0 Å². The maximum atomic E-state index is 12.4. The molecule has 4 rings (SSSR count). The van der Waals surface area contributed by atoms with Gasteiger partial charge >= 0.3 is 0 Å². The summed E-state index contributed by atoms with van der Waals surface area (Å²) in [4.78, 5) is 17.6. The van der Waals surface area contributed by atoms with Crippen LogP contribution in [0.15, 0.2) is 29.6 Å². The van der Waals surface area contributed by atoms with E-state index in [4.69, 9.17) is 4.74 Å². The Morgan fingerprint density at radius 3 is 2.91 bits per heavy atom. The van der Waals surface area contributed by atoms with Gasteiger partial charge in [-0.05, 0) is 45.2 Å². The summed E-state index contributed by atoms with van der Waals surface area (Å²) in [5, 5.41) is 16.5. The summed E-state index contributed by atoms with van der Waals surface area (Å²) in [6.45, 7) is 8.17. The molecule has 0 saturated carbocycles. The zero-order valence-corrected chi connectivity index (χ0v) is 20.2. The van der Waals surface area contributed by atoms with E-state index >= 15 is 0 Å². The van der Waals surface area contributed by atoms with Crippen LogP contribution in [0.4, 0.5) is 10.8 Å². The minimum absolute atomic E-state index is 0.106. The molecule has 10 heteroatoms. The third kappa shape index (κ3) is 5.87. The second kappa shape index (κ2) is 10.5. The van der Waals surface area contributed by atoms with Crippen LogP contribution in [0.25, 0.3) is 0 Å². The van der Waals surface area contributed by atoms with Crippen molar-refractivity contribution in [2.45, 2.75) is 58.0 Å². The van der Waals surface area contributed by atoms with Crippen molar-refractivity contribution in [2.75, 3.05) is 23.0 Å². The molecule has 0 aliphatic carbocycles. The largest absolute Gasteiger partial charge is 0.378 e. The minimum Gasteiger partial charge on any atom is -0.378 e. The van der Waals surface area contributed by atoms with E-state index in [0.717, 1.165) is 41.0 Å². The highest BCUT2D eigenvalue weighted by molar-refractivity contribution is 7.99. The standard InChI is InChI=1S/C22H28N6O2S2/c1-14-6-7-18(15(2)9-14)23-11-19-26-27-22(28(19)12-17-5-4-8-30-17)31-13-20(29)25-21-24-10-16(3)32-21/h6-7,9-10,17,23H,4-5,8,11-13H2,1-3H3,(H,24,25,29)/t17-/m1/s1. The van der Waals surface area contributed by atoms with E-state index in [1.165, 1.54) is 34.2 Å². The number of carbonyl (C=O) groups is 1. The number of aromatic nitrogens is 4. The van der Waals surface area contributed by atoms with Gasteiger partial charge in [0.25, 0.3) is 0 Å². The number of thioether (sulfide) groups is 1. The van der Waals surface area contributed by atoms with Crippen LogP contribution in [0.3, 0.4) is 0 Å². The summed E-state index contributed by atoms with van der Waals surface area (Å²) in [7, 11) is 0. The molecule has 0 spiro atoms. The molecule has 2 N–H and O–H groups in total. The fourth-order valence-corrected chi connectivity index (χ4v) is 5.06. The van der Waals surface area contributed by atoms with Gasteiger partial charge in [-0.25, -0.2) is 4.98 Å². The molecule has 1 amide bonds. The first-order valence-electron chi connectivity index (χ1n) is 10.7. The Kier molecular flexibility index (Phi) is 7.44. The van der Waals surface area contributed by atoms with Crippen molar-refractivity contribution in [3.63, 3.8) is 0 Å². The lowest BCUT2D eigenvalue weighted by Gasteiger charge is -2.16. The van der Waals surface area contributed by atoms with Gasteiger partial charge in [0.05, 0.1) is 24.9 Å². The van der Waals surface area contributed by atoms with Crippen LogP contribution in [0.2, 0.25) is 0 Å². The van der Waals surface area contributed by atoms with Crippen molar-refractivity contribution >= 4 is 39.8 Å². The number of benzene rings is 1. The van der Waals surface area contributed by atoms with Gasteiger partial charge in [-0.2, -0.15) is 0 Å². The second-order valence-corrected chi connectivity index (χ2v) is 10.1. The van der Waals surface area contributed by atoms with Gasteiger partial charge in [-0.15, -0.1) is 21.5 Å². The molecule has 32 heavy (non-hydrogen) atoms. The van der Waals surface area contributed by atoms with Crippen molar-refractivity contribution in [1.82, 2.24) is 19.7 Å². The van der Waals surface area contributed by atoms with Gasteiger partial charge in [0.15, 0.2) is 16.1 Å². The first-order valence-corrected chi connectivity index (χ1v) is 12.5. The second-order valence-electron chi connectivity index (χ2n) is 7.93. The van der Waals surface area contributed by atoms with Crippen LogP contribution in [0, 0.1) is 20.8 Å². The molecule has 1 atom stereocenters. The molecule has 0 radical (unpaired) electrons. The number of rotatable bonds is 9. The Balaban J connectivity index is 1.43. The Hall–Kier alpha value is -2.43. The molecule has 1 aliphatic rings. The molecule has 2 aromatic heterocycles. The fraction of sp³-hybridized carbons (Fsp3) is 0.455. The number of hydrogen-bond donors (Lipinski definition) is 2. The van der Waals surface area contributed by atoms with Crippen molar-refractivity contribution in [3.05, 3.63) is 46.2 Å². The lowest BCUT2D eigenvalue weighted by Crippen LogP contribution is -2.20. The molecular formula is C22H28N6O2S2. The third-order valence-electron chi connectivity index (χ3n) is 5.22. The van der Waals surface area contributed by atoms with Gasteiger partial charge in [-0.1, -0.05) is 29.5 Å². The Bertz CT molecular complexity index is 1070. The van der Waals surface area contributed by atoms with Crippen molar-refractivity contribution in [1.29, 1.82) is 0 Å². The summed E-state index contributed by atoms with van der Waals surface area (Å²) in [6.07, 6.45) is 4.00. The zero-order chi connectivity index (χ0) is 22.5. The average Bonchev–Trinajstić information content (AvgIpc) is 3.49. The predicted molar refractivity (Wildman–Crippen MR) is 128 cm³/mol. The summed E-state index contributed by atoms with van der Waals surface area (Å²) >= 11 is 2.85. The van der Waals surface area contributed by atoms with E-state index in [1.807, 2.05) is 6.92 Å². The number of carbonyl (C=O) groups excluding carboxylic acids is 1. The van der Waals surface area contributed by atoms with Crippen LogP contribution in [-0.2, 0) is 22.6 Å². The summed E-state index contributed by atoms with van der Waals surface area (Å²) in [5.74, 6) is 0.970. The van der Waals surface area contributed by atoms with E-state index in [1.54, 1.807) is 6.20 Å². The average molecular weight is 473 g/mol. The maximum Gasteiger partial charge on any atom is 0.236 e. The summed E-state index contributed by atoms with van der Waals surface area (Å²) in [5.41, 5.74) is 3.51. The van der Waals surface area contributed by atoms with E-state index in [0.29, 0.717) is 18.2 Å². The highest BCUT2D eigenvalue weighted by atomic mass is 32.2. The van der Waals surface area contributed by atoms with Gasteiger partial charge in [0.1, 0.15) is 0 Å². The van der Waals surface area contributed by atoms with Gasteiger partial charge < -0.3 is 19.9 Å². The van der Waals surface area contributed by atoms with Gasteiger partial charge in [0, 0.05) is 23.4 Å². The molecule has 1 saturated heterocycles. The molecule has 1 aliphatic heterocycles. The lowest BCUT2D eigenvalue weighted by molar-refractivity contribution is -0.113. The smallest absolute Gasteiger partial charge is 0.236 e. The molecule has 170 valence electrons. The fourth-order valence-electron chi connectivity index (χ4n) is 3.62. The quantitative estimate of drug-likeness (QED) is 0.451. The van der Waals surface area contributed by atoms with E-state index in [9.17, 15) is 4.79 Å². The molecule has 0 bridgehead atoms. The normalized spacial score (nSPS) is 15.8. The number of hydrogen-bond acceptors (Lipinski definition) is 8. The lowest BCUT2D eigenvalue weighted by atomic mass is 10.1. The van der Waals surface area contributed by atoms with Crippen LogP contribution in [0.1, 0.15) is 34.7 Å². The number of ether oxygens (including phenoxy) is 1. The number of nitrogens with one attached hydrogen (secondary N) is 2. The maximum absolute atomic E-state index is 12.4. The monoisotopic (exact) mass is 472 g/mol. The Labute approximate surface area is 196 Å². The van der Waals surface area contributed by atoms with Crippen molar-refractivity contribution < 1.29 is 9.53 Å². The van der Waals surface area contributed by atoms with Gasteiger partial charge in [-0.3, -0.25) is 4.79 Å². The minimum atomic E-state index is -0.106. The molecular weight excluding hydrogens is 444 g/mol. The number of nitrogens with zero attached hydrogens (tertiary/aromatic N) is 4. The van der Waals surface area contributed by atoms with E-state index in [-0.39, 0.29) is 17.8 Å². The Morgan fingerprint density at radius 1 is 1.31 bits per heavy atom. The van der Waals surface area contributed by atoms with Crippen LogP contribution in [-0.4, -0.2) is 44.1 Å². The summed E-state index contributed by atoms with van der Waals surface area (Å²) < 4.78 is 7.93. The number of anilines is 2. The topological polar surface area (TPSA) is 94.0 Å². The van der Waals surface area contributed by atoms with E-state index in [2.05, 4.69) is 62.4 Å². The zero-order valence-electron chi connectivity index (χ0n) is 18.6. The highest BCUT2D eigenvalue weighted by Gasteiger charge is 2.21. The molecule has 8 nitrogen and oxygen atoms in total. The predicted octanol–water partition coefficient (Wildman–Crippen LogP) is 4.18. The first kappa shape index (κ1) is 22.8. The molecule has 3 aromatic rings.